The van der Waals surface area contributed by atoms with Gasteiger partial charge in [0.25, 0.3) is 25.4 Å². The van der Waals surface area contributed by atoms with Crippen LogP contribution in [0.25, 0.3) is 0 Å². The number of hydrogen-bond acceptors (Lipinski definition) is 5. The van der Waals surface area contributed by atoms with E-state index in [9.17, 15) is 14.4 Å². The van der Waals surface area contributed by atoms with E-state index in [2.05, 4.69) is 6.58 Å². The standard InChI is InChI=1S/C15H18ClN2O5P/c1-12-4-5-13(19)17(12)8-2-10-22-24(16)23-11-3-9-18-14(20)6-7-15(18)21/h4-7H,1-3,8-11H2. The van der Waals surface area contributed by atoms with E-state index >= 15 is 0 Å². The fraction of sp³-hybridized carbons (Fsp3) is 0.400. The highest BCUT2D eigenvalue weighted by atomic mass is 35.7. The fourth-order valence-electron chi connectivity index (χ4n) is 2.15. The van der Waals surface area contributed by atoms with Gasteiger partial charge in [-0.2, -0.15) is 0 Å². The highest BCUT2D eigenvalue weighted by molar-refractivity contribution is 7.76. The van der Waals surface area contributed by atoms with Gasteiger partial charge in [0, 0.05) is 37.0 Å². The smallest absolute Gasteiger partial charge is 0.276 e. The maximum absolute atomic E-state index is 11.5. The Hall–Kier alpha value is -1.53. The van der Waals surface area contributed by atoms with Gasteiger partial charge in [-0.25, -0.2) is 0 Å². The zero-order chi connectivity index (χ0) is 17.5. The van der Waals surface area contributed by atoms with Gasteiger partial charge >= 0.3 is 0 Å². The van der Waals surface area contributed by atoms with Crippen molar-refractivity contribution < 1.29 is 23.4 Å². The summed E-state index contributed by atoms with van der Waals surface area (Å²) in [5, 5.41) is 0. The van der Waals surface area contributed by atoms with E-state index in [1.54, 1.807) is 11.0 Å². The van der Waals surface area contributed by atoms with Crippen LogP contribution >= 0.6 is 19.0 Å². The molecule has 0 bridgehead atoms. The highest BCUT2D eigenvalue weighted by Gasteiger charge is 2.22. The molecule has 0 N–H and O–H groups in total. The minimum absolute atomic E-state index is 0.0788. The summed E-state index contributed by atoms with van der Waals surface area (Å²) >= 11 is 5.94. The molecule has 1 atom stereocenters. The van der Waals surface area contributed by atoms with Crippen molar-refractivity contribution in [3.05, 3.63) is 36.6 Å². The normalized spacial score (nSPS) is 18.4. The number of nitrogens with zero attached hydrogens (tertiary/aromatic N) is 2. The molecule has 7 nitrogen and oxygen atoms in total. The van der Waals surface area contributed by atoms with Crippen LogP contribution in [-0.2, 0) is 23.4 Å². The Bertz CT molecular complexity index is 506. The summed E-state index contributed by atoms with van der Waals surface area (Å²) in [5.41, 5.74) is 0.671. The summed E-state index contributed by atoms with van der Waals surface area (Å²) in [6.07, 6.45) is 6.75. The van der Waals surface area contributed by atoms with Crippen LogP contribution in [0.4, 0.5) is 0 Å². The summed E-state index contributed by atoms with van der Waals surface area (Å²) in [7, 11) is -1.55. The van der Waals surface area contributed by atoms with E-state index in [0.717, 1.165) is 4.90 Å². The van der Waals surface area contributed by atoms with E-state index in [1.165, 1.54) is 18.2 Å². The topological polar surface area (TPSA) is 76.2 Å². The maximum Gasteiger partial charge on any atom is 0.276 e. The molecule has 0 saturated carbocycles. The summed E-state index contributed by atoms with van der Waals surface area (Å²) in [6.45, 7) is 5.22. The molecule has 2 aliphatic rings. The molecule has 0 aromatic carbocycles. The van der Waals surface area contributed by atoms with Gasteiger partial charge in [-0.15, -0.1) is 0 Å². The van der Waals surface area contributed by atoms with Gasteiger partial charge in [-0.1, -0.05) is 6.58 Å². The molecule has 1 unspecified atom stereocenters. The van der Waals surface area contributed by atoms with Gasteiger partial charge < -0.3 is 13.9 Å². The van der Waals surface area contributed by atoms with Gasteiger partial charge in [0.05, 0.1) is 13.2 Å². The Morgan fingerprint density at radius 1 is 0.875 bits per heavy atom. The average Bonchev–Trinajstić information content (AvgIpc) is 3.04. The third-order valence-corrected chi connectivity index (χ3v) is 4.73. The Morgan fingerprint density at radius 3 is 1.83 bits per heavy atom. The maximum atomic E-state index is 11.5. The average molecular weight is 373 g/mol. The molecule has 2 rings (SSSR count). The van der Waals surface area contributed by atoms with Crippen LogP contribution in [0.3, 0.4) is 0 Å². The summed E-state index contributed by atoms with van der Waals surface area (Å²) in [4.78, 5) is 36.9. The van der Waals surface area contributed by atoms with Crippen molar-refractivity contribution in [3.63, 3.8) is 0 Å². The van der Waals surface area contributed by atoms with E-state index in [4.69, 9.17) is 20.3 Å². The molecule has 0 fully saturated rings. The Balaban J connectivity index is 1.50. The van der Waals surface area contributed by atoms with Crippen molar-refractivity contribution in [2.75, 3.05) is 26.3 Å². The third kappa shape index (κ3) is 5.24. The van der Waals surface area contributed by atoms with Gasteiger partial charge in [0.15, 0.2) is 0 Å². The SMILES string of the molecule is C=C1C=CC(=O)N1CCCOP(Cl)OCCCN1C(=O)C=CC1=O. The quantitative estimate of drug-likeness (QED) is 0.333. The third-order valence-electron chi connectivity index (χ3n) is 3.37. The molecular weight excluding hydrogens is 355 g/mol. The lowest BCUT2D eigenvalue weighted by Crippen LogP contribution is -2.31. The second kappa shape index (κ2) is 9.08. The molecule has 0 aromatic heterocycles. The molecule has 2 heterocycles. The summed E-state index contributed by atoms with van der Waals surface area (Å²) in [6, 6.07) is 0. The Kier molecular flexibility index (Phi) is 7.12. The van der Waals surface area contributed by atoms with Crippen LogP contribution in [0.5, 0.6) is 0 Å². The number of amides is 3. The van der Waals surface area contributed by atoms with Crippen molar-refractivity contribution in [1.82, 2.24) is 9.80 Å². The van der Waals surface area contributed by atoms with E-state index < -0.39 is 7.73 Å². The molecule has 9 heteroatoms. The van der Waals surface area contributed by atoms with Crippen LogP contribution in [0.15, 0.2) is 36.6 Å². The molecule has 0 aromatic rings. The number of allylic oxidation sites excluding steroid dienone is 1. The highest BCUT2D eigenvalue weighted by Crippen LogP contribution is 2.43. The lowest BCUT2D eigenvalue weighted by molar-refractivity contribution is -0.136. The zero-order valence-corrected chi connectivity index (χ0v) is 14.7. The summed E-state index contributed by atoms with van der Waals surface area (Å²) < 4.78 is 10.7. The largest absolute Gasteiger partial charge is 0.322 e. The van der Waals surface area contributed by atoms with E-state index in [-0.39, 0.29) is 30.9 Å². The minimum atomic E-state index is -1.55. The predicted octanol–water partition coefficient (Wildman–Crippen LogP) is 2.10. The Morgan fingerprint density at radius 2 is 1.33 bits per heavy atom. The molecule has 0 radical (unpaired) electrons. The number of halogens is 1. The second-order valence-corrected chi connectivity index (χ2v) is 6.83. The van der Waals surface area contributed by atoms with Gasteiger partial charge in [0.1, 0.15) is 0 Å². The number of imide groups is 1. The minimum Gasteiger partial charge on any atom is -0.322 e. The summed E-state index contributed by atoms with van der Waals surface area (Å²) in [5.74, 6) is -0.696. The van der Waals surface area contributed by atoms with Gasteiger partial charge in [0.2, 0.25) is 0 Å². The first-order valence-electron chi connectivity index (χ1n) is 7.43. The molecule has 24 heavy (non-hydrogen) atoms. The van der Waals surface area contributed by atoms with Crippen LogP contribution < -0.4 is 0 Å². The molecule has 2 aliphatic heterocycles. The Labute approximate surface area is 146 Å². The second-order valence-electron chi connectivity index (χ2n) is 5.06. The first-order chi connectivity index (χ1) is 11.5. The van der Waals surface area contributed by atoms with Crippen LogP contribution in [0.1, 0.15) is 12.8 Å². The molecular formula is C15H18ClN2O5P. The van der Waals surface area contributed by atoms with Gasteiger partial charge in [-0.3, -0.25) is 19.3 Å². The zero-order valence-electron chi connectivity index (χ0n) is 13.0. The van der Waals surface area contributed by atoms with Crippen molar-refractivity contribution in [1.29, 1.82) is 0 Å². The number of hydrogen-bond donors (Lipinski definition) is 0. The van der Waals surface area contributed by atoms with Crippen molar-refractivity contribution in [2.24, 2.45) is 0 Å². The molecule has 0 saturated heterocycles. The van der Waals surface area contributed by atoms with E-state index in [1.807, 2.05) is 0 Å². The van der Waals surface area contributed by atoms with Crippen molar-refractivity contribution in [3.8, 4) is 0 Å². The number of rotatable bonds is 10. The first-order valence-corrected chi connectivity index (χ1v) is 9.51. The predicted molar refractivity (Wildman–Crippen MR) is 89.8 cm³/mol. The number of carbonyl (C=O) groups excluding carboxylic acids is 3. The molecule has 130 valence electrons. The monoisotopic (exact) mass is 372 g/mol. The molecule has 0 spiro atoms. The van der Waals surface area contributed by atoms with Gasteiger partial charge in [-0.05, 0) is 30.2 Å². The fourth-order valence-corrected chi connectivity index (χ4v) is 3.18. The molecule has 0 aliphatic carbocycles. The van der Waals surface area contributed by atoms with Crippen LogP contribution in [-0.4, -0.2) is 53.8 Å². The van der Waals surface area contributed by atoms with E-state index in [0.29, 0.717) is 31.7 Å². The number of carbonyl (C=O) groups is 3. The molecule has 3 amide bonds. The van der Waals surface area contributed by atoms with Crippen molar-refractivity contribution >= 4 is 36.7 Å². The van der Waals surface area contributed by atoms with Crippen molar-refractivity contribution in [2.45, 2.75) is 12.8 Å². The van der Waals surface area contributed by atoms with Crippen LogP contribution in [0, 0.1) is 0 Å². The first kappa shape index (κ1) is 18.8. The lowest BCUT2D eigenvalue weighted by Gasteiger charge is -2.17. The van der Waals surface area contributed by atoms with Crippen LogP contribution in [0.2, 0.25) is 0 Å². The lowest BCUT2D eigenvalue weighted by atomic mass is 10.4.